The third kappa shape index (κ3) is 7.12. The highest BCUT2D eigenvalue weighted by molar-refractivity contribution is 5.93. The number of hydrogen-bond acceptors (Lipinski definition) is 3. The molecule has 0 saturated carbocycles. The van der Waals surface area contributed by atoms with E-state index in [0.29, 0.717) is 0 Å². The highest BCUT2D eigenvalue weighted by atomic mass is 15.2. The van der Waals surface area contributed by atoms with Crippen LogP contribution in [0.25, 0.3) is 22.3 Å². The zero-order valence-corrected chi connectivity index (χ0v) is 35.7. The molecule has 1 aliphatic rings. The number of hydrogen-bond donors (Lipinski definition) is 0. The summed E-state index contributed by atoms with van der Waals surface area (Å²) in [6.45, 7) is 9.01. The Kier molecular flexibility index (Phi) is 10.0. The molecule has 0 fully saturated rings. The van der Waals surface area contributed by atoms with E-state index in [2.05, 4.69) is 267 Å². The molecule has 0 atom stereocenters. The van der Waals surface area contributed by atoms with Gasteiger partial charge >= 0.3 is 0 Å². The fraction of sp³-hybridized carbons (Fsp3) is 0.0847. The number of aryl methyl sites for hydroxylation is 2. The smallest absolute Gasteiger partial charge is 0.0540 e. The van der Waals surface area contributed by atoms with E-state index < -0.39 is 0 Å². The minimum Gasteiger partial charge on any atom is -0.310 e. The summed E-state index contributed by atoms with van der Waals surface area (Å²) < 4.78 is 0. The Morgan fingerprint density at radius 3 is 1.35 bits per heavy atom. The van der Waals surface area contributed by atoms with Gasteiger partial charge in [-0.05, 0) is 144 Å². The molecular formula is C59H49N3. The van der Waals surface area contributed by atoms with Gasteiger partial charge in [-0.2, -0.15) is 0 Å². The molecule has 9 aromatic carbocycles. The maximum absolute atomic E-state index is 2.44. The molecule has 0 radical (unpaired) electrons. The monoisotopic (exact) mass is 799 g/mol. The highest BCUT2D eigenvalue weighted by Crippen LogP contribution is 2.51. The first-order valence-corrected chi connectivity index (χ1v) is 21.5. The molecule has 0 heterocycles. The summed E-state index contributed by atoms with van der Waals surface area (Å²) in [6, 6.07) is 81.6. The van der Waals surface area contributed by atoms with E-state index in [-0.39, 0.29) is 5.41 Å². The topological polar surface area (TPSA) is 9.72 Å². The Hall–Kier alpha value is -7.62. The Morgan fingerprint density at radius 2 is 0.742 bits per heavy atom. The van der Waals surface area contributed by atoms with Crippen LogP contribution in [0.4, 0.5) is 51.2 Å². The van der Waals surface area contributed by atoms with Gasteiger partial charge in [0.15, 0.2) is 0 Å². The largest absolute Gasteiger partial charge is 0.310 e. The number of anilines is 9. The normalized spacial score (nSPS) is 12.3. The standard InChI is InChI=1S/C59H49N3/c1-42-32-35-47(36-33-42)60(45-19-7-5-8-20-45)49-24-16-26-51(40-49)62(52-27-17-25-50(41-52)61(46-21-9-6-10-22-46)48-23-15-18-43(2)38-48)58-31-14-12-28-53(58)44-34-37-55-54-29-11-13-30-56(54)59(3,4)57(55)39-44/h5-41H,1-4H3. The molecule has 0 bridgehead atoms. The van der Waals surface area contributed by atoms with E-state index in [9.17, 15) is 0 Å². The summed E-state index contributed by atoms with van der Waals surface area (Å²) in [5.41, 5.74) is 19.8. The zero-order valence-electron chi connectivity index (χ0n) is 35.7. The number of rotatable bonds is 10. The lowest BCUT2D eigenvalue weighted by Gasteiger charge is -2.32. The Bertz CT molecular complexity index is 3020. The molecule has 0 spiro atoms. The van der Waals surface area contributed by atoms with E-state index in [1.807, 2.05) is 0 Å². The van der Waals surface area contributed by atoms with Crippen LogP contribution in [0, 0.1) is 13.8 Å². The van der Waals surface area contributed by atoms with Crippen molar-refractivity contribution in [1.82, 2.24) is 0 Å². The first kappa shape index (κ1) is 38.6. The van der Waals surface area contributed by atoms with Crippen molar-refractivity contribution in [3.8, 4) is 22.3 Å². The van der Waals surface area contributed by atoms with Crippen molar-refractivity contribution >= 4 is 51.2 Å². The van der Waals surface area contributed by atoms with Crippen molar-refractivity contribution in [2.24, 2.45) is 0 Å². The van der Waals surface area contributed by atoms with Gasteiger partial charge in [-0.25, -0.2) is 0 Å². The molecular weight excluding hydrogens is 751 g/mol. The van der Waals surface area contributed by atoms with E-state index in [4.69, 9.17) is 0 Å². The van der Waals surface area contributed by atoms with E-state index >= 15 is 0 Å². The predicted molar refractivity (Wildman–Crippen MR) is 263 cm³/mol. The Balaban J connectivity index is 1.18. The number of para-hydroxylation sites is 3. The summed E-state index contributed by atoms with van der Waals surface area (Å²) >= 11 is 0. The molecule has 1 aliphatic carbocycles. The molecule has 0 aliphatic heterocycles. The van der Waals surface area contributed by atoms with E-state index in [1.54, 1.807) is 0 Å². The molecule has 10 rings (SSSR count). The number of benzene rings is 9. The Morgan fingerprint density at radius 1 is 0.290 bits per heavy atom. The highest BCUT2D eigenvalue weighted by Gasteiger charge is 2.35. The van der Waals surface area contributed by atoms with E-state index in [1.165, 1.54) is 38.9 Å². The Labute approximate surface area is 366 Å². The molecule has 0 aromatic heterocycles. The molecule has 0 saturated heterocycles. The van der Waals surface area contributed by atoms with Crippen molar-refractivity contribution < 1.29 is 0 Å². The van der Waals surface area contributed by atoms with Gasteiger partial charge < -0.3 is 14.7 Å². The molecule has 0 amide bonds. The molecule has 3 heteroatoms. The van der Waals surface area contributed by atoms with Crippen molar-refractivity contribution in [3.63, 3.8) is 0 Å². The van der Waals surface area contributed by atoms with Crippen LogP contribution in [0.1, 0.15) is 36.1 Å². The van der Waals surface area contributed by atoms with Gasteiger partial charge in [0, 0.05) is 56.5 Å². The van der Waals surface area contributed by atoms with Crippen LogP contribution in [0.3, 0.4) is 0 Å². The van der Waals surface area contributed by atoms with Gasteiger partial charge in [-0.3, -0.25) is 0 Å². The van der Waals surface area contributed by atoms with Crippen LogP contribution in [-0.2, 0) is 5.41 Å². The SMILES string of the molecule is Cc1ccc(N(c2ccccc2)c2cccc(N(c3cccc(N(c4ccccc4)c4cccc(C)c4)c3)c3ccccc3-c3ccc4c(c3)C(C)(C)c3ccccc3-4)c2)cc1. The lowest BCUT2D eigenvalue weighted by atomic mass is 9.81. The van der Waals surface area contributed by atoms with Crippen LogP contribution >= 0.6 is 0 Å². The summed E-state index contributed by atoms with van der Waals surface area (Å²) in [5, 5.41) is 0. The van der Waals surface area contributed by atoms with Gasteiger partial charge in [0.25, 0.3) is 0 Å². The number of fused-ring (bicyclic) bond motifs is 3. The second-order valence-corrected chi connectivity index (χ2v) is 16.8. The second kappa shape index (κ2) is 16.1. The second-order valence-electron chi connectivity index (χ2n) is 16.8. The van der Waals surface area contributed by atoms with Gasteiger partial charge in [-0.1, -0.05) is 147 Å². The van der Waals surface area contributed by atoms with Crippen molar-refractivity contribution in [3.05, 3.63) is 247 Å². The minimum absolute atomic E-state index is 0.118. The lowest BCUT2D eigenvalue weighted by molar-refractivity contribution is 0.660. The summed E-state index contributed by atoms with van der Waals surface area (Å²) in [6.07, 6.45) is 0. The zero-order chi connectivity index (χ0) is 42.2. The number of nitrogens with zero attached hydrogens (tertiary/aromatic N) is 3. The fourth-order valence-corrected chi connectivity index (χ4v) is 9.26. The first-order valence-electron chi connectivity index (χ1n) is 21.5. The van der Waals surface area contributed by atoms with Crippen molar-refractivity contribution in [2.45, 2.75) is 33.1 Å². The van der Waals surface area contributed by atoms with Crippen molar-refractivity contribution in [1.29, 1.82) is 0 Å². The molecule has 3 nitrogen and oxygen atoms in total. The maximum Gasteiger partial charge on any atom is 0.0540 e. The van der Waals surface area contributed by atoms with Gasteiger partial charge in [0.05, 0.1) is 5.69 Å². The molecule has 9 aromatic rings. The average Bonchev–Trinajstić information content (AvgIpc) is 3.54. The fourth-order valence-electron chi connectivity index (χ4n) is 9.26. The first-order chi connectivity index (χ1) is 30.3. The third-order valence-electron chi connectivity index (χ3n) is 12.3. The predicted octanol–water partition coefficient (Wildman–Crippen LogP) is 16.7. The molecule has 0 unspecified atom stereocenters. The average molecular weight is 800 g/mol. The summed E-state index contributed by atoms with van der Waals surface area (Å²) in [5.74, 6) is 0. The van der Waals surface area contributed by atoms with Crippen molar-refractivity contribution in [2.75, 3.05) is 14.7 Å². The quantitative estimate of drug-likeness (QED) is 0.136. The van der Waals surface area contributed by atoms with Crippen LogP contribution < -0.4 is 14.7 Å². The lowest BCUT2D eigenvalue weighted by Crippen LogP contribution is -2.16. The third-order valence-corrected chi connectivity index (χ3v) is 12.3. The summed E-state index contributed by atoms with van der Waals surface area (Å²) in [7, 11) is 0. The minimum atomic E-state index is -0.118. The molecule has 0 N–H and O–H groups in total. The van der Waals surface area contributed by atoms with Gasteiger partial charge in [-0.15, -0.1) is 0 Å². The summed E-state index contributed by atoms with van der Waals surface area (Å²) in [4.78, 5) is 7.14. The molecule has 300 valence electrons. The maximum atomic E-state index is 2.44. The van der Waals surface area contributed by atoms with E-state index in [0.717, 1.165) is 56.7 Å². The molecule has 62 heavy (non-hydrogen) atoms. The van der Waals surface area contributed by atoms with Crippen LogP contribution in [0.2, 0.25) is 0 Å². The van der Waals surface area contributed by atoms with Gasteiger partial charge in [0.1, 0.15) is 0 Å². The van der Waals surface area contributed by atoms with Crippen LogP contribution in [0.15, 0.2) is 224 Å². The van der Waals surface area contributed by atoms with Crippen LogP contribution in [-0.4, -0.2) is 0 Å². The van der Waals surface area contributed by atoms with Gasteiger partial charge in [0.2, 0.25) is 0 Å². The van der Waals surface area contributed by atoms with Crippen LogP contribution in [0.5, 0.6) is 0 Å².